The van der Waals surface area contributed by atoms with E-state index < -0.39 is 0 Å². The highest BCUT2D eigenvalue weighted by Gasteiger charge is 1.96. The maximum absolute atomic E-state index is 5.64. The van der Waals surface area contributed by atoms with Crippen molar-refractivity contribution in [3.05, 3.63) is 66.5 Å². The van der Waals surface area contributed by atoms with Crippen LogP contribution in [0.1, 0.15) is 5.56 Å². The highest BCUT2D eigenvalue weighted by Crippen LogP contribution is 2.12. The first-order chi connectivity index (χ1) is 11.4. The van der Waals surface area contributed by atoms with E-state index in [1.54, 1.807) is 6.21 Å². The maximum Gasteiger partial charge on any atom is 0.245 e. The lowest BCUT2D eigenvalue weighted by Crippen LogP contribution is -2.08. The summed E-state index contributed by atoms with van der Waals surface area (Å²) in [6.45, 7) is 0.985. The normalized spacial score (nSPS) is 10.8. The second kappa shape index (κ2) is 7.74. The van der Waals surface area contributed by atoms with Crippen molar-refractivity contribution in [2.24, 2.45) is 4.99 Å². The number of nitrogens with zero attached hydrogens (tertiary/aromatic N) is 3. The monoisotopic (exact) mass is 308 g/mol. The summed E-state index contributed by atoms with van der Waals surface area (Å²) in [4.78, 5) is 8.08. The molecule has 0 amide bonds. The highest BCUT2D eigenvalue weighted by molar-refractivity contribution is 5.81. The molecule has 6 nitrogen and oxygen atoms in total. The van der Waals surface area contributed by atoms with E-state index in [2.05, 4.69) is 20.2 Å². The number of ether oxygens (including phenoxy) is 2. The van der Waals surface area contributed by atoms with E-state index in [1.165, 1.54) is 6.33 Å². The number of hydrogen-bond donors (Lipinski definition) is 1. The number of para-hydroxylation sites is 1. The summed E-state index contributed by atoms with van der Waals surface area (Å²) < 4.78 is 11.2. The largest absolute Gasteiger partial charge is 0.490 e. The van der Waals surface area contributed by atoms with E-state index in [9.17, 15) is 0 Å². The van der Waals surface area contributed by atoms with Gasteiger partial charge in [0.2, 0.25) is 5.95 Å². The van der Waals surface area contributed by atoms with Crippen LogP contribution in [0.5, 0.6) is 11.5 Å². The zero-order valence-electron chi connectivity index (χ0n) is 12.4. The third-order valence-corrected chi connectivity index (χ3v) is 2.98. The van der Waals surface area contributed by atoms with Crippen LogP contribution in [-0.4, -0.2) is 34.6 Å². The van der Waals surface area contributed by atoms with E-state index in [0.717, 1.165) is 17.1 Å². The standard InChI is InChI=1S/C17H16N4O2/c1-2-4-15(5-3-1)22-10-11-23-16-8-6-14(7-9-16)12-18-17-19-13-20-21-17/h1-9,12-13H,10-11H2,(H,19,20,21). The molecular formula is C17H16N4O2. The van der Waals surface area contributed by atoms with Gasteiger partial charge in [0.1, 0.15) is 31.0 Å². The van der Waals surface area contributed by atoms with E-state index in [1.807, 2.05) is 54.6 Å². The van der Waals surface area contributed by atoms with Gasteiger partial charge < -0.3 is 9.47 Å². The molecule has 0 aliphatic heterocycles. The fourth-order valence-electron chi connectivity index (χ4n) is 1.88. The number of benzene rings is 2. The molecule has 0 aliphatic carbocycles. The molecule has 1 heterocycles. The van der Waals surface area contributed by atoms with Crippen molar-refractivity contribution >= 4 is 12.2 Å². The van der Waals surface area contributed by atoms with Crippen LogP contribution in [-0.2, 0) is 0 Å². The van der Waals surface area contributed by atoms with Crippen LogP contribution in [0.4, 0.5) is 5.95 Å². The van der Waals surface area contributed by atoms with Gasteiger partial charge in [-0.25, -0.2) is 10.1 Å². The molecule has 0 atom stereocenters. The quantitative estimate of drug-likeness (QED) is 0.538. The number of rotatable bonds is 7. The highest BCUT2D eigenvalue weighted by atomic mass is 16.5. The minimum Gasteiger partial charge on any atom is -0.490 e. The molecule has 0 saturated carbocycles. The molecule has 1 aromatic heterocycles. The Morgan fingerprint density at radius 2 is 1.61 bits per heavy atom. The van der Waals surface area contributed by atoms with Gasteiger partial charge >= 0.3 is 0 Å². The molecule has 0 fully saturated rings. The van der Waals surface area contributed by atoms with E-state index in [0.29, 0.717) is 19.2 Å². The van der Waals surface area contributed by atoms with Crippen molar-refractivity contribution in [2.45, 2.75) is 0 Å². The molecule has 116 valence electrons. The molecule has 3 rings (SSSR count). The van der Waals surface area contributed by atoms with Crippen LogP contribution in [0, 0.1) is 0 Å². The topological polar surface area (TPSA) is 72.4 Å². The summed E-state index contributed by atoms with van der Waals surface area (Å²) in [5, 5.41) is 6.40. The Hall–Kier alpha value is -3.15. The molecular weight excluding hydrogens is 292 g/mol. The van der Waals surface area contributed by atoms with Crippen molar-refractivity contribution in [1.29, 1.82) is 0 Å². The minimum absolute atomic E-state index is 0.475. The van der Waals surface area contributed by atoms with Crippen LogP contribution < -0.4 is 9.47 Å². The first-order valence-corrected chi connectivity index (χ1v) is 7.20. The summed E-state index contributed by atoms with van der Waals surface area (Å²) in [5.41, 5.74) is 0.953. The number of aromatic amines is 1. The Balaban J connectivity index is 1.44. The fourth-order valence-corrected chi connectivity index (χ4v) is 1.88. The number of hydrogen-bond acceptors (Lipinski definition) is 5. The number of aromatic nitrogens is 3. The van der Waals surface area contributed by atoms with Crippen LogP contribution in [0.3, 0.4) is 0 Å². The van der Waals surface area contributed by atoms with Gasteiger partial charge in [0.15, 0.2) is 0 Å². The third kappa shape index (κ3) is 4.67. The van der Waals surface area contributed by atoms with Crippen LogP contribution in [0.15, 0.2) is 65.9 Å². The average molecular weight is 308 g/mol. The van der Waals surface area contributed by atoms with Crippen molar-refractivity contribution in [3.8, 4) is 11.5 Å². The number of H-pyrrole nitrogens is 1. The van der Waals surface area contributed by atoms with Gasteiger partial charge in [-0.05, 0) is 42.0 Å². The second-order valence-electron chi connectivity index (χ2n) is 4.65. The lowest BCUT2D eigenvalue weighted by Gasteiger charge is -2.08. The third-order valence-electron chi connectivity index (χ3n) is 2.98. The van der Waals surface area contributed by atoms with Gasteiger partial charge in [-0.2, -0.15) is 10.1 Å². The van der Waals surface area contributed by atoms with Gasteiger partial charge in [-0.15, -0.1) is 0 Å². The Morgan fingerprint density at radius 3 is 2.26 bits per heavy atom. The molecule has 1 N–H and O–H groups in total. The summed E-state index contributed by atoms with van der Waals surface area (Å²) in [7, 11) is 0. The van der Waals surface area contributed by atoms with Crippen LogP contribution in [0.25, 0.3) is 0 Å². The summed E-state index contributed by atoms with van der Waals surface area (Å²) in [6.07, 6.45) is 3.13. The summed E-state index contributed by atoms with van der Waals surface area (Å²) in [5.74, 6) is 2.11. The smallest absolute Gasteiger partial charge is 0.245 e. The SMILES string of the molecule is C(=Nc1ncn[nH]1)c1ccc(OCCOc2ccccc2)cc1. The Kier molecular flexibility index (Phi) is 4.97. The van der Waals surface area contributed by atoms with Gasteiger partial charge in [0.05, 0.1) is 0 Å². The van der Waals surface area contributed by atoms with Gasteiger partial charge in [-0.1, -0.05) is 18.2 Å². The average Bonchev–Trinajstić information content (AvgIpc) is 3.12. The zero-order valence-corrected chi connectivity index (χ0v) is 12.4. The van der Waals surface area contributed by atoms with Crippen LogP contribution >= 0.6 is 0 Å². The molecule has 0 radical (unpaired) electrons. The molecule has 0 saturated heterocycles. The van der Waals surface area contributed by atoms with Crippen molar-refractivity contribution in [1.82, 2.24) is 15.2 Å². The minimum atomic E-state index is 0.475. The summed E-state index contributed by atoms with van der Waals surface area (Å²) in [6, 6.07) is 17.3. The number of aliphatic imine (C=N–C) groups is 1. The van der Waals surface area contributed by atoms with E-state index in [4.69, 9.17) is 9.47 Å². The Morgan fingerprint density at radius 1 is 0.913 bits per heavy atom. The predicted octanol–water partition coefficient (Wildman–Crippen LogP) is 3.01. The molecule has 3 aromatic rings. The molecule has 6 heteroatoms. The number of nitrogens with one attached hydrogen (secondary N) is 1. The van der Waals surface area contributed by atoms with Gasteiger partial charge in [0, 0.05) is 6.21 Å². The van der Waals surface area contributed by atoms with Crippen molar-refractivity contribution in [3.63, 3.8) is 0 Å². The molecule has 0 aliphatic rings. The van der Waals surface area contributed by atoms with E-state index in [-0.39, 0.29) is 0 Å². The Bertz CT molecular complexity index is 725. The molecule has 0 spiro atoms. The lowest BCUT2D eigenvalue weighted by molar-refractivity contribution is 0.217. The van der Waals surface area contributed by atoms with Crippen molar-refractivity contribution in [2.75, 3.05) is 13.2 Å². The molecule has 0 bridgehead atoms. The van der Waals surface area contributed by atoms with Crippen molar-refractivity contribution < 1.29 is 9.47 Å². The van der Waals surface area contributed by atoms with Crippen LogP contribution in [0.2, 0.25) is 0 Å². The molecule has 0 unspecified atom stereocenters. The first kappa shape index (κ1) is 14.8. The Labute approximate surface area is 133 Å². The van der Waals surface area contributed by atoms with Gasteiger partial charge in [0.25, 0.3) is 0 Å². The van der Waals surface area contributed by atoms with E-state index >= 15 is 0 Å². The van der Waals surface area contributed by atoms with Gasteiger partial charge in [-0.3, -0.25) is 0 Å². The zero-order chi connectivity index (χ0) is 15.7. The lowest BCUT2D eigenvalue weighted by atomic mass is 10.2. The molecule has 23 heavy (non-hydrogen) atoms. The fraction of sp³-hybridized carbons (Fsp3) is 0.118. The first-order valence-electron chi connectivity index (χ1n) is 7.20. The maximum atomic E-state index is 5.64. The summed E-state index contributed by atoms with van der Waals surface area (Å²) >= 11 is 0. The predicted molar refractivity (Wildman–Crippen MR) is 87.5 cm³/mol. The second-order valence-corrected chi connectivity index (χ2v) is 4.65. The molecule has 2 aromatic carbocycles.